The lowest BCUT2D eigenvalue weighted by molar-refractivity contribution is -0.145. The highest BCUT2D eigenvalue weighted by Crippen LogP contribution is 2.21. The highest BCUT2D eigenvalue weighted by molar-refractivity contribution is 5.88. The molecule has 2 amide bonds. The van der Waals surface area contributed by atoms with Gasteiger partial charge in [0.2, 0.25) is 11.8 Å². The number of piperidine rings is 1. The molecular weight excluding hydrogens is 184 g/mol. The second-order valence-corrected chi connectivity index (χ2v) is 3.43. The first-order valence-corrected chi connectivity index (χ1v) is 4.43. The molecular formula is C9H14N2O3. The van der Waals surface area contributed by atoms with Gasteiger partial charge in [0.15, 0.2) is 0 Å². The molecule has 14 heavy (non-hydrogen) atoms. The van der Waals surface area contributed by atoms with E-state index >= 15 is 0 Å². The number of amides is 2. The van der Waals surface area contributed by atoms with Gasteiger partial charge in [-0.2, -0.15) is 0 Å². The molecule has 0 aromatic carbocycles. The third-order valence-corrected chi connectivity index (χ3v) is 2.54. The number of likely N-dealkylation sites (tertiary alicyclic amines) is 1. The summed E-state index contributed by atoms with van der Waals surface area (Å²) >= 11 is 0. The van der Waals surface area contributed by atoms with Gasteiger partial charge in [-0.3, -0.25) is 9.59 Å². The van der Waals surface area contributed by atoms with Crippen LogP contribution < -0.4 is 5.73 Å². The van der Waals surface area contributed by atoms with Gasteiger partial charge in [0.1, 0.15) is 5.60 Å². The van der Waals surface area contributed by atoms with Gasteiger partial charge < -0.3 is 15.7 Å². The molecule has 3 N–H and O–H groups in total. The van der Waals surface area contributed by atoms with Gasteiger partial charge in [-0.1, -0.05) is 6.58 Å². The van der Waals surface area contributed by atoms with Crippen molar-refractivity contribution < 1.29 is 14.7 Å². The van der Waals surface area contributed by atoms with Crippen molar-refractivity contribution in [1.82, 2.24) is 4.90 Å². The van der Waals surface area contributed by atoms with Crippen LogP contribution in [0.3, 0.4) is 0 Å². The molecule has 0 bridgehead atoms. The van der Waals surface area contributed by atoms with Crippen molar-refractivity contribution in [1.29, 1.82) is 0 Å². The summed E-state index contributed by atoms with van der Waals surface area (Å²) < 4.78 is 0. The van der Waals surface area contributed by atoms with Gasteiger partial charge in [0, 0.05) is 25.9 Å². The van der Waals surface area contributed by atoms with Crippen molar-refractivity contribution in [3.63, 3.8) is 0 Å². The molecule has 1 aliphatic heterocycles. The number of carbonyl (C=O) groups excluding carboxylic acids is 2. The van der Waals surface area contributed by atoms with E-state index in [4.69, 9.17) is 5.73 Å². The molecule has 0 atom stereocenters. The predicted molar refractivity (Wildman–Crippen MR) is 50.2 cm³/mol. The van der Waals surface area contributed by atoms with E-state index in [1.165, 1.54) is 11.0 Å². The molecule has 1 aliphatic rings. The summed E-state index contributed by atoms with van der Waals surface area (Å²) in [6.45, 7) is 4.04. The topological polar surface area (TPSA) is 83.6 Å². The SMILES string of the molecule is C=CC(=O)N1CCC(O)(C(N)=O)CC1. The Kier molecular flexibility index (Phi) is 2.90. The molecule has 0 unspecified atom stereocenters. The monoisotopic (exact) mass is 198 g/mol. The van der Waals surface area contributed by atoms with E-state index in [0.717, 1.165) is 0 Å². The Morgan fingerprint density at radius 3 is 2.29 bits per heavy atom. The normalized spacial score (nSPS) is 20.2. The van der Waals surface area contributed by atoms with Crippen molar-refractivity contribution in [2.24, 2.45) is 5.73 Å². The Morgan fingerprint density at radius 1 is 1.43 bits per heavy atom. The van der Waals surface area contributed by atoms with E-state index in [1.54, 1.807) is 0 Å². The lowest BCUT2D eigenvalue weighted by atomic mass is 9.91. The zero-order chi connectivity index (χ0) is 10.8. The molecule has 0 aromatic rings. The van der Waals surface area contributed by atoms with E-state index in [0.29, 0.717) is 13.1 Å². The number of hydrogen-bond acceptors (Lipinski definition) is 3. The predicted octanol–water partition coefficient (Wildman–Crippen LogP) is -0.989. The summed E-state index contributed by atoms with van der Waals surface area (Å²) in [7, 11) is 0. The van der Waals surface area contributed by atoms with Crippen molar-refractivity contribution in [2.45, 2.75) is 18.4 Å². The molecule has 5 nitrogen and oxygen atoms in total. The summed E-state index contributed by atoms with van der Waals surface area (Å²) in [5.41, 5.74) is 3.60. The molecule has 1 heterocycles. The van der Waals surface area contributed by atoms with Crippen LogP contribution >= 0.6 is 0 Å². The van der Waals surface area contributed by atoms with Gasteiger partial charge in [-0.25, -0.2) is 0 Å². The van der Waals surface area contributed by atoms with Crippen LogP contribution in [0.5, 0.6) is 0 Å². The average molecular weight is 198 g/mol. The third-order valence-electron chi connectivity index (χ3n) is 2.54. The Labute approximate surface area is 82.2 Å². The Bertz CT molecular complexity index is 267. The Morgan fingerprint density at radius 2 is 1.93 bits per heavy atom. The highest BCUT2D eigenvalue weighted by atomic mass is 16.3. The van der Waals surface area contributed by atoms with E-state index in [-0.39, 0.29) is 18.7 Å². The van der Waals surface area contributed by atoms with Gasteiger partial charge in [0.05, 0.1) is 0 Å². The molecule has 0 aliphatic carbocycles. The molecule has 78 valence electrons. The minimum Gasteiger partial charge on any atom is -0.380 e. The summed E-state index contributed by atoms with van der Waals surface area (Å²) in [6, 6.07) is 0. The van der Waals surface area contributed by atoms with E-state index in [9.17, 15) is 14.7 Å². The Hall–Kier alpha value is -1.36. The second kappa shape index (κ2) is 3.79. The number of hydrogen-bond donors (Lipinski definition) is 2. The van der Waals surface area contributed by atoms with Crippen LogP contribution in [0.1, 0.15) is 12.8 Å². The summed E-state index contributed by atoms with van der Waals surface area (Å²) in [5, 5.41) is 9.68. The number of primary amides is 1. The van der Waals surface area contributed by atoms with Crippen LogP contribution in [-0.2, 0) is 9.59 Å². The molecule has 0 aromatic heterocycles. The van der Waals surface area contributed by atoms with Crippen LogP contribution in [0.2, 0.25) is 0 Å². The lowest BCUT2D eigenvalue weighted by Gasteiger charge is -2.35. The first-order valence-electron chi connectivity index (χ1n) is 4.43. The molecule has 1 fully saturated rings. The quantitative estimate of drug-likeness (QED) is 0.559. The van der Waals surface area contributed by atoms with E-state index in [2.05, 4.69) is 6.58 Å². The number of aliphatic hydroxyl groups is 1. The zero-order valence-corrected chi connectivity index (χ0v) is 7.90. The Balaban J connectivity index is 2.58. The van der Waals surface area contributed by atoms with Gasteiger partial charge >= 0.3 is 0 Å². The maximum Gasteiger partial charge on any atom is 0.249 e. The van der Waals surface area contributed by atoms with Crippen LogP contribution in [0.15, 0.2) is 12.7 Å². The molecule has 1 rings (SSSR count). The van der Waals surface area contributed by atoms with E-state index < -0.39 is 11.5 Å². The number of nitrogens with zero attached hydrogens (tertiary/aromatic N) is 1. The minimum atomic E-state index is -1.45. The smallest absolute Gasteiger partial charge is 0.249 e. The fraction of sp³-hybridized carbons (Fsp3) is 0.556. The largest absolute Gasteiger partial charge is 0.380 e. The number of nitrogens with two attached hydrogens (primary N) is 1. The average Bonchev–Trinajstić information content (AvgIpc) is 2.17. The molecule has 0 spiro atoms. The molecule has 1 saturated heterocycles. The molecule has 0 saturated carbocycles. The van der Waals surface area contributed by atoms with Crippen LogP contribution in [0, 0.1) is 0 Å². The van der Waals surface area contributed by atoms with Crippen LogP contribution in [0.25, 0.3) is 0 Å². The minimum absolute atomic E-state index is 0.184. The van der Waals surface area contributed by atoms with Gasteiger partial charge in [0.25, 0.3) is 0 Å². The molecule has 0 radical (unpaired) electrons. The maximum atomic E-state index is 11.2. The van der Waals surface area contributed by atoms with Gasteiger partial charge in [-0.05, 0) is 6.08 Å². The standard InChI is InChI=1S/C9H14N2O3/c1-2-7(12)11-5-3-9(14,4-6-11)8(10)13/h2,14H,1,3-6H2,(H2,10,13). The zero-order valence-electron chi connectivity index (χ0n) is 7.90. The first kappa shape index (κ1) is 10.7. The fourth-order valence-electron chi connectivity index (χ4n) is 1.47. The summed E-state index contributed by atoms with van der Waals surface area (Å²) in [6.07, 6.45) is 1.61. The summed E-state index contributed by atoms with van der Waals surface area (Å²) in [5.74, 6) is -0.903. The highest BCUT2D eigenvalue weighted by Gasteiger charge is 2.38. The number of carbonyl (C=O) groups is 2. The third kappa shape index (κ3) is 1.93. The van der Waals surface area contributed by atoms with Gasteiger partial charge in [-0.15, -0.1) is 0 Å². The summed E-state index contributed by atoms with van der Waals surface area (Å²) in [4.78, 5) is 23.6. The van der Waals surface area contributed by atoms with Crippen LogP contribution in [-0.4, -0.2) is 40.5 Å². The van der Waals surface area contributed by atoms with Crippen molar-refractivity contribution in [3.05, 3.63) is 12.7 Å². The lowest BCUT2D eigenvalue weighted by Crippen LogP contribution is -2.53. The first-order chi connectivity index (χ1) is 6.49. The van der Waals surface area contributed by atoms with Crippen LogP contribution in [0.4, 0.5) is 0 Å². The van der Waals surface area contributed by atoms with Crippen molar-refractivity contribution in [2.75, 3.05) is 13.1 Å². The van der Waals surface area contributed by atoms with E-state index in [1.807, 2.05) is 0 Å². The fourth-order valence-corrected chi connectivity index (χ4v) is 1.47. The maximum absolute atomic E-state index is 11.2. The second-order valence-electron chi connectivity index (χ2n) is 3.43. The molecule has 5 heteroatoms. The number of rotatable bonds is 2. The van der Waals surface area contributed by atoms with Crippen molar-refractivity contribution in [3.8, 4) is 0 Å². The van der Waals surface area contributed by atoms with Crippen molar-refractivity contribution >= 4 is 11.8 Å².